The third-order valence-corrected chi connectivity index (χ3v) is 9.52. The van der Waals surface area contributed by atoms with Crippen LogP contribution in [0.3, 0.4) is 0 Å². The number of halogens is 2. The molecule has 0 radical (unpaired) electrons. The van der Waals surface area contributed by atoms with Crippen LogP contribution in [0.5, 0.6) is 0 Å². The summed E-state index contributed by atoms with van der Waals surface area (Å²) in [6.45, 7) is 4.44. The van der Waals surface area contributed by atoms with Crippen molar-refractivity contribution in [2.45, 2.75) is 13.8 Å². The van der Waals surface area contributed by atoms with Crippen LogP contribution in [0.4, 0.5) is 0 Å². The summed E-state index contributed by atoms with van der Waals surface area (Å²) in [5, 5.41) is 2.59. The molecule has 0 unspecified atom stereocenters. The first-order valence-corrected chi connectivity index (χ1v) is 15.3. The van der Waals surface area contributed by atoms with Crippen LogP contribution in [0.1, 0.15) is 11.1 Å². The Bertz CT molecular complexity index is 1660. The van der Waals surface area contributed by atoms with Gasteiger partial charge in [-0.3, -0.25) is 0 Å². The van der Waals surface area contributed by atoms with Crippen LogP contribution in [0, 0.1) is 13.8 Å². The maximum atomic E-state index is 4.94. The van der Waals surface area contributed by atoms with Crippen molar-refractivity contribution in [2.24, 2.45) is 0 Å². The summed E-state index contributed by atoms with van der Waals surface area (Å²) in [7, 11) is -0.948. The number of rotatable bonds is 6. The zero-order valence-electron chi connectivity index (χ0n) is 23.8. The van der Waals surface area contributed by atoms with Gasteiger partial charge in [-0.2, -0.15) is 0 Å². The highest BCUT2D eigenvalue weighted by Gasteiger charge is 2.29. The molecule has 0 aromatic heterocycles. The molecule has 0 bridgehead atoms. The molecule has 0 aliphatic carbocycles. The van der Waals surface area contributed by atoms with Gasteiger partial charge in [-0.05, 0) is 70.5 Å². The fourth-order valence-corrected chi connectivity index (χ4v) is 7.51. The van der Waals surface area contributed by atoms with E-state index in [1.807, 2.05) is 0 Å². The topological polar surface area (TPSA) is 0 Å². The fourth-order valence-electron chi connectivity index (χ4n) is 5.72. The molecule has 0 atom stereocenters. The van der Waals surface area contributed by atoms with E-state index in [4.69, 9.17) is 6.30 Å². The van der Waals surface area contributed by atoms with Crippen molar-refractivity contribution in [3.05, 3.63) is 157 Å². The van der Waals surface area contributed by atoms with Gasteiger partial charge in [0.1, 0.15) is 0 Å². The van der Waals surface area contributed by atoms with Crippen LogP contribution in [0.15, 0.2) is 146 Å². The van der Waals surface area contributed by atoms with Crippen molar-refractivity contribution in [1.82, 2.24) is 0 Å². The smallest absolute Gasteiger partial charge is 0.114 e. The van der Waals surface area contributed by atoms with Crippen LogP contribution < -0.4 is 10.6 Å². The van der Waals surface area contributed by atoms with Gasteiger partial charge in [0.15, 0.2) is 18.2 Å². The molecule has 6 rings (SSSR count). The molecule has 0 spiro atoms. The lowest BCUT2D eigenvalue weighted by atomic mass is 9.91. The van der Waals surface area contributed by atoms with Crippen LogP contribution in [0.25, 0.3) is 44.5 Å². The first kappa shape index (κ1) is 31.4. The Balaban J connectivity index is 0.00000202. The van der Waals surface area contributed by atoms with Crippen molar-refractivity contribution in [3.63, 3.8) is 0 Å². The maximum Gasteiger partial charge on any atom is 0.163 e. The first-order chi connectivity index (χ1) is 19.6. The van der Waals surface area contributed by atoms with Gasteiger partial charge in [-0.15, -0.1) is 34.0 Å². The van der Waals surface area contributed by atoms with E-state index in [2.05, 4.69) is 159 Å². The Morgan fingerprint density at radius 3 is 0.905 bits per heavy atom. The Morgan fingerprint density at radius 2 is 0.619 bits per heavy atom. The monoisotopic (exact) mass is 691 g/mol. The Kier molecular flexibility index (Phi) is 10.5. The molecule has 208 valence electrons. The minimum atomic E-state index is -0.948. The predicted molar refractivity (Wildman–Crippen MR) is 198 cm³/mol. The van der Waals surface area contributed by atoms with Gasteiger partial charge in [0.05, 0.1) is 6.30 Å². The van der Waals surface area contributed by atoms with E-state index >= 15 is 0 Å². The molecule has 0 saturated carbocycles. The van der Waals surface area contributed by atoms with E-state index < -0.39 is 7.55 Å². The van der Waals surface area contributed by atoms with Gasteiger partial charge in [0.2, 0.25) is 0 Å². The molecule has 0 amide bonds. The molecule has 42 heavy (non-hydrogen) atoms. The second-order valence-corrected chi connectivity index (χ2v) is 12.0. The van der Waals surface area contributed by atoms with Gasteiger partial charge < -0.3 is 0 Å². The fraction of sp³-hybridized carbons (Fsp3) is 0.0513. The van der Waals surface area contributed by atoms with Crippen LogP contribution in [-0.2, 0) is 0 Å². The largest absolute Gasteiger partial charge is 0.163 e. The SMILES string of the molecule is Br.Br.C=[P+](c1ccc(C)c(-c2ccccc2)c1-c1ccccc1)c1ccc(C)c(-c2ccccc2)c1-c1ccccc1. The van der Waals surface area contributed by atoms with Crippen LogP contribution in [0.2, 0.25) is 0 Å². The average Bonchev–Trinajstić information content (AvgIpc) is 3.02. The van der Waals surface area contributed by atoms with Gasteiger partial charge in [0, 0.05) is 11.1 Å². The summed E-state index contributed by atoms with van der Waals surface area (Å²) in [5.41, 5.74) is 12.6. The molecule has 0 aliphatic heterocycles. The summed E-state index contributed by atoms with van der Waals surface area (Å²) in [5.74, 6) is 0. The molecule has 0 N–H and O–H groups in total. The van der Waals surface area contributed by atoms with E-state index in [0.717, 1.165) is 0 Å². The molecule has 0 nitrogen and oxygen atoms in total. The Labute approximate surface area is 272 Å². The second kappa shape index (κ2) is 14.1. The minimum absolute atomic E-state index is 0. The predicted octanol–water partition coefficient (Wildman–Crippen LogP) is 11.0. The number of hydrogen-bond donors (Lipinski definition) is 0. The van der Waals surface area contributed by atoms with E-state index in [-0.39, 0.29) is 34.0 Å². The standard InChI is InChI=1S/C39H32P.2BrH/c1-28-24-26-34(38(32-20-12-6-13-21-32)36(28)30-16-8-4-9-17-30)40(3)35-27-25-29(2)37(31-18-10-5-11-19-31)39(35)33-22-14-7-15-23-33;;/h4-27H,3H2,1-2H3;2*1H/q+1;;. The van der Waals surface area contributed by atoms with Crippen molar-refractivity contribution in [1.29, 1.82) is 0 Å². The molecule has 0 saturated heterocycles. The van der Waals surface area contributed by atoms with E-state index in [9.17, 15) is 0 Å². The van der Waals surface area contributed by atoms with Gasteiger partial charge in [-0.1, -0.05) is 133 Å². The van der Waals surface area contributed by atoms with Crippen molar-refractivity contribution < 1.29 is 0 Å². The maximum absolute atomic E-state index is 4.94. The third-order valence-electron chi connectivity index (χ3n) is 7.61. The van der Waals surface area contributed by atoms with E-state index in [1.165, 1.54) is 66.2 Å². The summed E-state index contributed by atoms with van der Waals surface area (Å²) in [4.78, 5) is 0. The van der Waals surface area contributed by atoms with Crippen molar-refractivity contribution in [3.8, 4) is 44.5 Å². The summed E-state index contributed by atoms with van der Waals surface area (Å²) in [6, 6.07) is 52.4. The number of aryl methyl sites for hydroxylation is 2. The Hall–Kier alpha value is -3.55. The van der Waals surface area contributed by atoms with Crippen molar-refractivity contribution in [2.75, 3.05) is 0 Å². The van der Waals surface area contributed by atoms with E-state index in [1.54, 1.807) is 0 Å². The quantitative estimate of drug-likeness (QED) is 0.152. The zero-order chi connectivity index (χ0) is 27.5. The molecule has 6 aromatic carbocycles. The van der Waals surface area contributed by atoms with Gasteiger partial charge >= 0.3 is 0 Å². The lowest BCUT2D eigenvalue weighted by Gasteiger charge is -2.18. The molecular formula is C39H34Br2P+. The molecule has 0 aliphatic rings. The first-order valence-electron chi connectivity index (χ1n) is 13.7. The van der Waals surface area contributed by atoms with Crippen LogP contribution in [-0.4, -0.2) is 6.30 Å². The lowest BCUT2D eigenvalue weighted by molar-refractivity contribution is 1.46. The summed E-state index contributed by atoms with van der Waals surface area (Å²) < 4.78 is 0. The number of hydrogen-bond acceptors (Lipinski definition) is 0. The highest BCUT2D eigenvalue weighted by molar-refractivity contribution is 8.93. The summed E-state index contributed by atoms with van der Waals surface area (Å²) >= 11 is 0. The zero-order valence-corrected chi connectivity index (χ0v) is 28.1. The minimum Gasteiger partial charge on any atom is -0.114 e. The number of benzene rings is 6. The molecule has 6 aromatic rings. The molecule has 3 heteroatoms. The summed E-state index contributed by atoms with van der Waals surface area (Å²) in [6.07, 6.45) is 4.94. The lowest BCUT2D eigenvalue weighted by Crippen LogP contribution is -2.15. The molecular weight excluding hydrogens is 659 g/mol. The van der Waals surface area contributed by atoms with Gasteiger partial charge in [0.25, 0.3) is 0 Å². The van der Waals surface area contributed by atoms with Crippen LogP contribution >= 0.6 is 41.5 Å². The highest BCUT2D eigenvalue weighted by atomic mass is 79.9. The third kappa shape index (κ3) is 6.13. The highest BCUT2D eigenvalue weighted by Crippen LogP contribution is 2.42. The normalized spacial score (nSPS) is 10.3. The van der Waals surface area contributed by atoms with Crippen molar-refractivity contribution >= 4 is 58.4 Å². The second-order valence-electron chi connectivity index (χ2n) is 10.2. The van der Waals surface area contributed by atoms with Gasteiger partial charge in [-0.25, -0.2) is 0 Å². The van der Waals surface area contributed by atoms with E-state index in [0.29, 0.717) is 0 Å². The molecule has 0 heterocycles. The average molecular weight is 693 g/mol. The Morgan fingerprint density at radius 1 is 0.357 bits per heavy atom. The molecule has 0 fully saturated rings.